The summed E-state index contributed by atoms with van der Waals surface area (Å²) >= 11 is 0. The van der Waals surface area contributed by atoms with Gasteiger partial charge in [-0.15, -0.1) is 5.01 Å². The molecule has 0 spiro atoms. The summed E-state index contributed by atoms with van der Waals surface area (Å²) < 4.78 is 6.01. The molecular formula is C28H39N5O3. The summed E-state index contributed by atoms with van der Waals surface area (Å²) in [5.74, 6) is 0.542. The second-order valence-electron chi connectivity index (χ2n) is 9.68. The van der Waals surface area contributed by atoms with E-state index in [0.717, 1.165) is 62.4 Å². The predicted octanol–water partition coefficient (Wildman–Crippen LogP) is 3.87. The van der Waals surface area contributed by atoms with Gasteiger partial charge in [0.25, 0.3) is 0 Å². The van der Waals surface area contributed by atoms with E-state index in [1.807, 2.05) is 42.3 Å². The normalized spacial score (nSPS) is 18.2. The Labute approximate surface area is 214 Å². The standard InChI is InChI=1S/C28H39N5O3/c1-4-31-12-14-32(15-13-31)33(35)23-10-11-24(28(18-23)36-5-2)21-16-25(20(3)34)26(19-29)27(17-21)30-22-8-6-7-9-22/h10-11,16-19,22,29-30,33H,4-9,12-15H2,1-3H3. The number of Topliss-reactive ketones (excluding diaryl/α,β-unsaturated/α-hetero) is 1. The topological polar surface area (TPSA) is 96.2 Å². The molecule has 2 aliphatic rings. The number of ether oxygens (including phenoxy) is 1. The number of benzene rings is 2. The predicted molar refractivity (Wildman–Crippen MR) is 144 cm³/mol. The Hall–Kier alpha value is -2.78. The van der Waals surface area contributed by atoms with E-state index in [-0.39, 0.29) is 11.0 Å². The second-order valence-corrected chi connectivity index (χ2v) is 9.68. The number of hydrogen-bond donors (Lipinski definition) is 3. The molecule has 1 aliphatic carbocycles. The third-order valence-electron chi connectivity index (χ3n) is 7.36. The zero-order valence-electron chi connectivity index (χ0n) is 21.7. The Balaban J connectivity index is 1.69. The number of piperazine rings is 1. The molecule has 1 saturated carbocycles. The van der Waals surface area contributed by atoms with Gasteiger partial charge in [0, 0.05) is 59.9 Å². The van der Waals surface area contributed by atoms with Gasteiger partial charge in [-0.3, -0.25) is 9.97 Å². The monoisotopic (exact) mass is 493 g/mol. The van der Waals surface area contributed by atoms with Crippen LogP contribution in [-0.4, -0.2) is 67.3 Å². The van der Waals surface area contributed by atoms with Crippen molar-refractivity contribution in [3.05, 3.63) is 46.7 Å². The van der Waals surface area contributed by atoms with Gasteiger partial charge < -0.3 is 25.6 Å². The SMILES string of the molecule is CCOc1cc([NH+]([O-])N2CCN(CC)CC2)ccc1-c1cc(NC2CCCC2)c(C=N)c(C(C)=O)c1. The maximum atomic E-state index is 13.2. The van der Waals surface area contributed by atoms with Crippen LogP contribution in [0.15, 0.2) is 30.3 Å². The van der Waals surface area contributed by atoms with Crippen LogP contribution in [0.25, 0.3) is 11.1 Å². The van der Waals surface area contributed by atoms with Crippen LogP contribution < -0.4 is 15.2 Å². The zero-order valence-corrected chi connectivity index (χ0v) is 21.7. The Morgan fingerprint density at radius 1 is 1.17 bits per heavy atom. The maximum Gasteiger partial charge on any atom is 0.160 e. The summed E-state index contributed by atoms with van der Waals surface area (Å²) in [4.78, 5) is 14.9. The van der Waals surface area contributed by atoms with E-state index in [0.29, 0.717) is 35.2 Å². The number of anilines is 1. The molecule has 2 aromatic rings. The number of carbonyl (C=O) groups excluding carboxylic acids is 1. The fourth-order valence-corrected chi connectivity index (χ4v) is 5.28. The van der Waals surface area contributed by atoms with Crippen molar-refractivity contribution in [3.8, 4) is 16.9 Å². The minimum absolute atomic E-state index is 0.0189. The van der Waals surface area contributed by atoms with Crippen molar-refractivity contribution in [2.45, 2.75) is 52.5 Å². The molecule has 2 fully saturated rings. The van der Waals surface area contributed by atoms with Crippen molar-refractivity contribution in [2.75, 3.05) is 44.6 Å². The summed E-state index contributed by atoms with van der Waals surface area (Å²) in [5, 5.41) is 26.8. The number of quaternary nitrogens is 1. The van der Waals surface area contributed by atoms with E-state index >= 15 is 0 Å². The van der Waals surface area contributed by atoms with E-state index in [4.69, 9.17) is 10.1 Å². The van der Waals surface area contributed by atoms with Crippen LogP contribution in [0.3, 0.4) is 0 Å². The third kappa shape index (κ3) is 5.78. The molecule has 1 aliphatic heterocycles. The average Bonchev–Trinajstić information content (AvgIpc) is 3.41. The molecule has 0 aromatic heterocycles. The molecule has 4 rings (SSSR count). The minimum atomic E-state index is -0.0826. The largest absolute Gasteiger partial charge is 0.608 e. The maximum absolute atomic E-state index is 13.2. The fraction of sp³-hybridized carbons (Fsp3) is 0.500. The molecule has 1 saturated heterocycles. The first kappa shape index (κ1) is 26.3. The van der Waals surface area contributed by atoms with E-state index in [2.05, 4.69) is 17.1 Å². The van der Waals surface area contributed by atoms with Gasteiger partial charge in [0.15, 0.2) is 11.5 Å². The summed E-state index contributed by atoms with van der Waals surface area (Å²) in [6.45, 7) is 10.3. The van der Waals surface area contributed by atoms with Crippen molar-refractivity contribution in [1.29, 1.82) is 5.41 Å². The Kier molecular flexibility index (Phi) is 8.74. The number of nitrogens with one attached hydrogen (secondary N) is 3. The molecule has 0 bridgehead atoms. The van der Waals surface area contributed by atoms with Crippen molar-refractivity contribution >= 4 is 23.4 Å². The van der Waals surface area contributed by atoms with Crippen LogP contribution in [0.1, 0.15) is 62.4 Å². The zero-order chi connectivity index (χ0) is 25.7. The van der Waals surface area contributed by atoms with Gasteiger partial charge in [-0.25, -0.2) is 0 Å². The van der Waals surface area contributed by atoms with Crippen LogP contribution in [0.4, 0.5) is 11.4 Å². The summed E-state index contributed by atoms with van der Waals surface area (Å²) in [6.07, 6.45) is 5.82. The number of ketones is 1. The molecule has 8 nitrogen and oxygen atoms in total. The molecule has 0 radical (unpaired) electrons. The van der Waals surface area contributed by atoms with E-state index in [1.54, 1.807) is 0 Å². The Morgan fingerprint density at radius 3 is 2.50 bits per heavy atom. The van der Waals surface area contributed by atoms with Gasteiger partial charge in [0.1, 0.15) is 5.75 Å². The number of hydrogen-bond acceptors (Lipinski definition) is 7. The summed E-state index contributed by atoms with van der Waals surface area (Å²) in [7, 11) is 0. The highest BCUT2D eigenvalue weighted by Crippen LogP contribution is 2.36. The molecular weight excluding hydrogens is 454 g/mol. The molecule has 8 heteroatoms. The van der Waals surface area contributed by atoms with Crippen LogP contribution in [0.5, 0.6) is 5.75 Å². The summed E-state index contributed by atoms with van der Waals surface area (Å²) in [5.41, 5.74) is 4.21. The smallest absolute Gasteiger partial charge is 0.160 e. The van der Waals surface area contributed by atoms with Crippen LogP contribution >= 0.6 is 0 Å². The lowest BCUT2D eigenvalue weighted by Gasteiger charge is -2.39. The first-order valence-electron chi connectivity index (χ1n) is 13.2. The van der Waals surface area contributed by atoms with Crippen LogP contribution in [-0.2, 0) is 0 Å². The lowest BCUT2D eigenvalue weighted by Crippen LogP contribution is -3.10. The van der Waals surface area contributed by atoms with Crippen molar-refractivity contribution < 1.29 is 14.7 Å². The second kappa shape index (κ2) is 12.0. The molecule has 1 atom stereocenters. The van der Waals surface area contributed by atoms with E-state index < -0.39 is 0 Å². The molecule has 1 unspecified atom stereocenters. The molecule has 36 heavy (non-hydrogen) atoms. The Morgan fingerprint density at radius 2 is 1.89 bits per heavy atom. The molecule has 1 heterocycles. The quantitative estimate of drug-likeness (QED) is 0.264. The van der Waals surface area contributed by atoms with Gasteiger partial charge in [0.2, 0.25) is 0 Å². The van der Waals surface area contributed by atoms with Gasteiger partial charge in [-0.2, -0.15) is 0 Å². The molecule has 3 N–H and O–H groups in total. The van der Waals surface area contributed by atoms with Crippen LogP contribution in [0.2, 0.25) is 0 Å². The highest BCUT2D eigenvalue weighted by molar-refractivity contribution is 6.06. The van der Waals surface area contributed by atoms with Crippen molar-refractivity contribution in [3.63, 3.8) is 0 Å². The third-order valence-corrected chi connectivity index (χ3v) is 7.36. The lowest BCUT2D eigenvalue weighted by atomic mass is 9.94. The highest BCUT2D eigenvalue weighted by Gasteiger charge is 2.24. The van der Waals surface area contributed by atoms with Gasteiger partial charge in [-0.05, 0) is 57.0 Å². The number of carbonyl (C=O) groups is 1. The number of nitrogens with zero attached hydrogens (tertiary/aromatic N) is 2. The molecule has 0 amide bonds. The van der Waals surface area contributed by atoms with E-state index in [1.165, 1.54) is 26.0 Å². The minimum Gasteiger partial charge on any atom is -0.608 e. The first-order valence-corrected chi connectivity index (χ1v) is 13.2. The van der Waals surface area contributed by atoms with Crippen molar-refractivity contribution in [1.82, 2.24) is 9.91 Å². The first-order chi connectivity index (χ1) is 17.4. The van der Waals surface area contributed by atoms with Gasteiger partial charge >= 0.3 is 0 Å². The lowest BCUT2D eigenvalue weighted by molar-refractivity contribution is -0.913. The van der Waals surface area contributed by atoms with Crippen LogP contribution in [0, 0.1) is 10.6 Å². The molecule has 2 aromatic carbocycles. The number of likely N-dealkylation sites (N-methyl/N-ethyl adjacent to an activating group) is 1. The van der Waals surface area contributed by atoms with Gasteiger partial charge in [0.05, 0.1) is 19.7 Å². The van der Waals surface area contributed by atoms with E-state index in [9.17, 15) is 10.0 Å². The van der Waals surface area contributed by atoms with Gasteiger partial charge in [-0.1, -0.05) is 19.8 Å². The summed E-state index contributed by atoms with van der Waals surface area (Å²) in [6, 6.07) is 9.80. The Bertz CT molecular complexity index is 1080. The molecule has 194 valence electrons. The fourth-order valence-electron chi connectivity index (χ4n) is 5.28. The average molecular weight is 494 g/mol. The van der Waals surface area contributed by atoms with Crippen molar-refractivity contribution in [2.24, 2.45) is 0 Å². The highest BCUT2D eigenvalue weighted by atomic mass is 16.5. The number of rotatable bonds is 10.